The topological polar surface area (TPSA) is 65.2 Å². The molecule has 1 aromatic heterocycles. The van der Waals surface area contributed by atoms with Gasteiger partial charge < -0.3 is 10.5 Å². The first kappa shape index (κ1) is 9.21. The van der Waals surface area contributed by atoms with Crippen LogP contribution in [0.25, 0.3) is 0 Å². The van der Waals surface area contributed by atoms with Crippen LogP contribution in [0, 0.1) is 0 Å². The lowest BCUT2D eigenvalue weighted by molar-refractivity contribution is 0.0985. The smallest absolute Gasteiger partial charge is 0.267 e. The Kier molecular flexibility index (Phi) is 2.25. The predicted molar refractivity (Wildman–Crippen MR) is 54.3 cm³/mol. The molecule has 1 aromatic rings. The molecule has 1 amide bonds. The highest BCUT2D eigenvalue weighted by molar-refractivity contribution is 6.33. The Labute approximate surface area is 82.9 Å². The van der Waals surface area contributed by atoms with Crippen LogP contribution in [-0.4, -0.2) is 25.3 Å². The Balaban J connectivity index is 2.51. The van der Waals surface area contributed by atoms with E-state index in [1.54, 1.807) is 6.07 Å². The van der Waals surface area contributed by atoms with Gasteiger partial charge in [-0.3, -0.25) is 4.79 Å². The van der Waals surface area contributed by atoms with Crippen molar-refractivity contribution in [3.05, 3.63) is 23.0 Å². The van der Waals surface area contributed by atoms with Gasteiger partial charge in [-0.2, -0.15) is 0 Å². The maximum Gasteiger partial charge on any atom is 0.267 e. The number of aromatic nitrogens is 1. The molecule has 0 aromatic carbocycles. The van der Waals surface area contributed by atoms with Crippen LogP contribution >= 0.6 is 0 Å². The third-order valence-corrected chi connectivity index (χ3v) is 2.42. The summed E-state index contributed by atoms with van der Waals surface area (Å²) in [5.41, 5.74) is 8.62. The molecular weight excluding hydrogens is 179 g/mol. The fourth-order valence-electron chi connectivity index (χ4n) is 1.70. The number of nitrogens with zero attached hydrogens (tertiary/aromatic N) is 1. The molecule has 14 heavy (non-hydrogen) atoms. The zero-order valence-electron chi connectivity index (χ0n) is 8.04. The van der Waals surface area contributed by atoms with Gasteiger partial charge in [-0.1, -0.05) is 5.46 Å². The molecule has 5 heteroatoms. The lowest BCUT2D eigenvalue weighted by atomic mass is 9.87. The van der Waals surface area contributed by atoms with Crippen molar-refractivity contribution in [2.24, 2.45) is 5.73 Å². The van der Waals surface area contributed by atoms with E-state index < -0.39 is 5.91 Å². The van der Waals surface area contributed by atoms with E-state index in [1.807, 2.05) is 7.85 Å². The number of fused-ring (bicyclic) bond motifs is 1. The number of primary amides is 1. The minimum Gasteiger partial charge on any atom is -0.375 e. The summed E-state index contributed by atoms with van der Waals surface area (Å²) in [6.07, 6.45) is 0.868. The van der Waals surface area contributed by atoms with Crippen LogP contribution in [-0.2, 0) is 17.8 Å². The second kappa shape index (κ2) is 3.42. The number of hydrogen-bond acceptors (Lipinski definition) is 3. The number of carbonyl (C=O) groups excluding carboxylic acids is 1. The third-order valence-electron chi connectivity index (χ3n) is 2.42. The Hall–Kier alpha value is -1.36. The fourth-order valence-corrected chi connectivity index (χ4v) is 1.70. The van der Waals surface area contributed by atoms with Crippen LogP contribution in [0.1, 0.15) is 21.7 Å². The number of ether oxygens (including phenoxy) is 1. The summed E-state index contributed by atoms with van der Waals surface area (Å²) in [6.45, 7) is 1.21. The molecule has 0 fully saturated rings. The monoisotopic (exact) mass is 190 g/mol. The second-order valence-electron chi connectivity index (χ2n) is 3.42. The maximum absolute atomic E-state index is 11.0. The lowest BCUT2D eigenvalue weighted by Crippen LogP contribution is -2.26. The normalized spacial score (nSPS) is 14.9. The molecule has 0 aliphatic carbocycles. The van der Waals surface area contributed by atoms with Gasteiger partial charge in [0.15, 0.2) is 0 Å². The van der Waals surface area contributed by atoms with Gasteiger partial charge in [0.05, 0.1) is 18.9 Å². The minimum atomic E-state index is -0.485. The van der Waals surface area contributed by atoms with E-state index in [9.17, 15) is 4.79 Å². The van der Waals surface area contributed by atoms with Crippen LogP contribution in [0.3, 0.4) is 0 Å². The van der Waals surface area contributed by atoms with Crippen LogP contribution in [0.4, 0.5) is 0 Å². The van der Waals surface area contributed by atoms with Gasteiger partial charge in [0.2, 0.25) is 0 Å². The van der Waals surface area contributed by atoms with E-state index in [0.717, 1.165) is 24.2 Å². The van der Waals surface area contributed by atoms with Gasteiger partial charge in [0.1, 0.15) is 13.5 Å². The molecule has 2 heterocycles. The number of rotatable bonds is 1. The van der Waals surface area contributed by atoms with Gasteiger partial charge in [0.25, 0.3) is 5.91 Å². The first-order valence-electron chi connectivity index (χ1n) is 4.55. The van der Waals surface area contributed by atoms with Crippen molar-refractivity contribution in [3.8, 4) is 0 Å². The summed E-state index contributed by atoms with van der Waals surface area (Å²) >= 11 is 0. The highest BCUT2D eigenvalue weighted by atomic mass is 16.5. The molecule has 2 N–H and O–H groups in total. The van der Waals surface area contributed by atoms with E-state index in [4.69, 9.17) is 10.5 Å². The average Bonchev–Trinajstić information content (AvgIpc) is 2.17. The largest absolute Gasteiger partial charge is 0.375 e. The summed E-state index contributed by atoms with van der Waals surface area (Å²) < 4.78 is 5.27. The van der Waals surface area contributed by atoms with Crippen LogP contribution in [0.15, 0.2) is 6.07 Å². The van der Waals surface area contributed by atoms with Crippen molar-refractivity contribution in [1.29, 1.82) is 0 Å². The summed E-state index contributed by atoms with van der Waals surface area (Å²) in [6, 6.07) is 1.74. The van der Waals surface area contributed by atoms with E-state index in [0.29, 0.717) is 12.3 Å². The van der Waals surface area contributed by atoms with Crippen molar-refractivity contribution >= 4 is 19.2 Å². The van der Waals surface area contributed by atoms with E-state index in [2.05, 4.69) is 4.98 Å². The highest BCUT2D eigenvalue weighted by Gasteiger charge is 2.15. The Morgan fingerprint density at radius 2 is 2.43 bits per heavy atom. The lowest BCUT2D eigenvalue weighted by Gasteiger charge is -2.18. The summed E-state index contributed by atoms with van der Waals surface area (Å²) in [5.74, 6) is -0.485. The highest BCUT2D eigenvalue weighted by Crippen LogP contribution is 2.12. The molecule has 0 radical (unpaired) electrons. The molecular formula is C9H11BN2O2. The van der Waals surface area contributed by atoms with Gasteiger partial charge in [0, 0.05) is 0 Å². The predicted octanol–water partition coefficient (Wildman–Crippen LogP) is -1.49. The van der Waals surface area contributed by atoms with E-state index >= 15 is 0 Å². The van der Waals surface area contributed by atoms with Gasteiger partial charge >= 0.3 is 0 Å². The van der Waals surface area contributed by atoms with Gasteiger partial charge in [-0.15, -0.1) is 0 Å². The number of nitrogens with two attached hydrogens (primary N) is 1. The fraction of sp³-hybridized carbons (Fsp3) is 0.333. The third kappa shape index (κ3) is 1.51. The molecule has 0 spiro atoms. The zero-order chi connectivity index (χ0) is 10.1. The summed E-state index contributed by atoms with van der Waals surface area (Å²) in [4.78, 5) is 15.1. The number of pyridine rings is 1. The molecule has 0 saturated carbocycles. The van der Waals surface area contributed by atoms with Crippen molar-refractivity contribution in [2.75, 3.05) is 6.61 Å². The first-order chi connectivity index (χ1) is 6.68. The minimum absolute atomic E-state index is 0.326. The van der Waals surface area contributed by atoms with Crippen molar-refractivity contribution in [3.63, 3.8) is 0 Å². The Morgan fingerprint density at radius 3 is 3.14 bits per heavy atom. The molecule has 2 rings (SSSR count). The Morgan fingerprint density at radius 1 is 1.64 bits per heavy atom. The first-order valence-corrected chi connectivity index (χ1v) is 4.55. The van der Waals surface area contributed by atoms with Gasteiger partial charge in [-0.25, -0.2) is 4.98 Å². The number of amides is 1. The number of hydrogen-bond donors (Lipinski definition) is 1. The average molecular weight is 190 g/mol. The molecule has 0 unspecified atom stereocenters. The Bertz CT molecular complexity index is 393. The molecule has 0 atom stereocenters. The summed E-state index contributed by atoms with van der Waals surface area (Å²) in [5, 5.41) is 0. The van der Waals surface area contributed by atoms with E-state index in [1.165, 1.54) is 5.56 Å². The van der Waals surface area contributed by atoms with Crippen molar-refractivity contribution in [1.82, 2.24) is 4.98 Å². The molecule has 4 nitrogen and oxygen atoms in total. The maximum atomic E-state index is 11.0. The quantitative estimate of drug-likeness (QED) is 0.548. The molecule has 0 saturated heterocycles. The number of carbonyl (C=O) groups is 1. The molecule has 0 bridgehead atoms. The van der Waals surface area contributed by atoms with Crippen LogP contribution in [0.2, 0.25) is 0 Å². The summed E-state index contributed by atoms with van der Waals surface area (Å²) in [7, 11) is 1.97. The van der Waals surface area contributed by atoms with Crippen LogP contribution in [0.5, 0.6) is 0 Å². The molecule has 1 aliphatic heterocycles. The second-order valence-corrected chi connectivity index (χ2v) is 3.42. The van der Waals surface area contributed by atoms with E-state index in [-0.39, 0.29) is 0 Å². The standard InChI is InChI=1S/C9H11BN2O2/c10-6-3-7(9(11)13)12-8-4-14-2-1-5(6)8/h3H,1-2,4,10H2,(H2,11,13). The van der Waals surface area contributed by atoms with Crippen LogP contribution < -0.4 is 11.2 Å². The van der Waals surface area contributed by atoms with Crippen molar-refractivity contribution in [2.45, 2.75) is 13.0 Å². The van der Waals surface area contributed by atoms with Crippen molar-refractivity contribution < 1.29 is 9.53 Å². The molecule has 1 aliphatic rings. The SMILES string of the molecule is Bc1cc(C(N)=O)nc2c1CCOC2. The molecule has 72 valence electrons. The van der Waals surface area contributed by atoms with Gasteiger partial charge in [-0.05, 0) is 18.1 Å². The zero-order valence-corrected chi connectivity index (χ0v) is 8.04.